The number of nitrogens with zero attached hydrogens (tertiary/aromatic N) is 3. The Morgan fingerprint density at radius 1 is 1.09 bits per heavy atom. The van der Waals surface area contributed by atoms with Crippen LogP contribution in [0.3, 0.4) is 0 Å². The van der Waals surface area contributed by atoms with Crippen LogP contribution in [0.2, 0.25) is 0 Å². The lowest BCUT2D eigenvalue weighted by atomic mass is 10.00. The molecule has 1 aliphatic heterocycles. The van der Waals surface area contributed by atoms with Crippen molar-refractivity contribution in [1.29, 1.82) is 0 Å². The minimum Gasteiger partial charge on any atom is -0.338 e. The van der Waals surface area contributed by atoms with Crippen LogP contribution in [0.1, 0.15) is 17.0 Å². The van der Waals surface area contributed by atoms with E-state index >= 15 is 0 Å². The van der Waals surface area contributed by atoms with E-state index in [-0.39, 0.29) is 0 Å². The van der Waals surface area contributed by atoms with Gasteiger partial charge in [0.05, 0.1) is 6.54 Å². The van der Waals surface area contributed by atoms with E-state index in [1.165, 1.54) is 11.1 Å². The Kier molecular flexibility index (Phi) is 3.97. The number of rotatable bonds is 3. The summed E-state index contributed by atoms with van der Waals surface area (Å²) in [5, 5.41) is 4.10. The van der Waals surface area contributed by atoms with Crippen LogP contribution in [0.15, 0.2) is 57.5 Å². The first-order chi connectivity index (χ1) is 11.3. The van der Waals surface area contributed by atoms with Gasteiger partial charge in [0.2, 0.25) is 11.7 Å². The Morgan fingerprint density at radius 3 is 2.83 bits per heavy atom. The topological polar surface area (TPSA) is 42.2 Å². The maximum Gasteiger partial charge on any atom is 0.241 e. The normalized spacial score (nSPS) is 14.7. The Labute approximate surface area is 143 Å². The molecule has 116 valence electrons. The van der Waals surface area contributed by atoms with E-state index in [4.69, 9.17) is 4.52 Å². The highest BCUT2D eigenvalue weighted by atomic mass is 79.9. The molecular weight excluding hydrogens is 354 g/mol. The molecule has 4 rings (SSSR count). The smallest absolute Gasteiger partial charge is 0.241 e. The first-order valence-corrected chi connectivity index (χ1v) is 8.45. The van der Waals surface area contributed by atoms with Gasteiger partial charge in [0.15, 0.2) is 0 Å². The van der Waals surface area contributed by atoms with E-state index < -0.39 is 0 Å². The number of halogens is 1. The van der Waals surface area contributed by atoms with Gasteiger partial charge in [0.25, 0.3) is 0 Å². The monoisotopic (exact) mass is 369 g/mol. The van der Waals surface area contributed by atoms with Crippen LogP contribution >= 0.6 is 15.9 Å². The van der Waals surface area contributed by atoms with Gasteiger partial charge in [-0.25, -0.2) is 0 Å². The van der Waals surface area contributed by atoms with E-state index in [1.807, 2.05) is 24.3 Å². The summed E-state index contributed by atoms with van der Waals surface area (Å²) >= 11 is 3.47. The van der Waals surface area contributed by atoms with Gasteiger partial charge in [-0.05, 0) is 29.7 Å². The van der Waals surface area contributed by atoms with E-state index in [2.05, 4.69) is 55.2 Å². The largest absolute Gasteiger partial charge is 0.338 e. The van der Waals surface area contributed by atoms with Crippen molar-refractivity contribution in [2.75, 3.05) is 6.54 Å². The molecule has 0 unspecified atom stereocenters. The molecule has 23 heavy (non-hydrogen) atoms. The zero-order valence-electron chi connectivity index (χ0n) is 12.6. The number of aromatic nitrogens is 2. The zero-order chi connectivity index (χ0) is 15.6. The molecule has 0 saturated carbocycles. The van der Waals surface area contributed by atoms with Crippen molar-refractivity contribution in [2.24, 2.45) is 0 Å². The van der Waals surface area contributed by atoms with Crippen molar-refractivity contribution >= 4 is 15.9 Å². The molecule has 0 N–H and O–H groups in total. The van der Waals surface area contributed by atoms with Crippen molar-refractivity contribution < 1.29 is 4.52 Å². The Hall–Kier alpha value is -1.98. The third kappa shape index (κ3) is 3.21. The van der Waals surface area contributed by atoms with Crippen LogP contribution in [0.25, 0.3) is 11.4 Å². The molecule has 0 spiro atoms. The second kappa shape index (κ2) is 6.26. The molecule has 5 heteroatoms. The lowest BCUT2D eigenvalue weighted by molar-refractivity contribution is 0.210. The molecule has 0 saturated heterocycles. The van der Waals surface area contributed by atoms with Gasteiger partial charge < -0.3 is 4.52 Å². The fourth-order valence-corrected chi connectivity index (χ4v) is 3.34. The van der Waals surface area contributed by atoms with Crippen LogP contribution in [0, 0.1) is 0 Å². The third-order valence-electron chi connectivity index (χ3n) is 4.12. The SMILES string of the molecule is Brc1cccc(-c2noc(CN3CCc4ccccc4C3)n2)c1. The lowest BCUT2D eigenvalue weighted by Crippen LogP contribution is -2.30. The van der Waals surface area contributed by atoms with Gasteiger partial charge in [-0.2, -0.15) is 4.98 Å². The molecule has 0 aliphatic carbocycles. The molecule has 2 aromatic carbocycles. The predicted octanol–water partition coefficient (Wildman–Crippen LogP) is 4.06. The highest BCUT2D eigenvalue weighted by molar-refractivity contribution is 9.10. The number of hydrogen-bond acceptors (Lipinski definition) is 4. The highest BCUT2D eigenvalue weighted by Gasteiger charge is 2.18. The van der Waals surface area contributed by atoms with Crippen LogP contribution in [-0.2, 0) is 19.5 Å². The van der Waals surface area contributed by atoms with Crippen molar-refractivity contribution in [3.8, 4) is 11.4 Å². The molecular formula is C18H16BrN3O. The maximum atomic E-state index is 5.43. The van der Waals surface area contributed by atoms with Crippen molar-refractivity contribution in [1.82, 2.24) is 15.0 Å². The molecule has 0 fully saturated rings. The summed E-state index contributed by atoms with van der Waals surface area (Å²) in [5.74, 6) is 1.30. The molecule has 1 aromatic heterocycles. The Bertz CT molecular complexity index is 830. The van der Waals surface area contributed by atoms with Gasteiger partial charge in [-0.15, -0.1) is 0 Å². The first-order valence-electron chi connectivity index (χ1n) is 7.65. The van der Waals surface area contributed by atoms with Gasteiger partial charge in [0.1, 0.15) is 0 Å². The lowest BCUT2D eigenvalue weighted by Gasteiger charge is -2.27. The Balaban J connectivity index is 1.48. The Morgan fingerprint density at radius 2 is 1.96 bits per heavy atom. The molecule has 1 aliphatic rings. The van der Waals surface area contributed by atoms with E-state index in [9.17, 15) is 0 Å². The zero-order valence-corrected chi connectivity index (χ0v) is 14.2. The standard InChI is InChI=1S/C18H16BrN3O/c19-16-7-3-6-14(10-16)18-20-17(23-21-18)12-22-9-8-13-4-1-2-5-15(13)11-22/h1-7,10H,8-9,11-12H2. The summed E-state index contributed by atoms with van der Waals surface area (Å²) in [6, 6.07) is 16.5. The third-order valence-corrected chi connectivity index (χ3v) is 4.61. The summed E-state index contributed by atoms with van der Waals surface area (Å²) in [6.45, 7) is 2.64. The van der Waals surface area contributed by atoms with Gasteiger partial charge in [-0.1, -0.05) is 57.5 Å². The summed E-state index contributed by atoms with van der Waals surface area (Å²) in [5.41, 5.74) is 3.80. The van der Waals surface area contributed by atoms with E-state index in [0.29, 0.717) is 18.3 Å². The highest BCUT2D eigenvalue weighted by Crippen LogP contribution is 2.22. The van der Waals surface area contributed by atoms with Crippen molar-refractivity contribution in [3.05, 3.63) is 70.0 Å². The molecule has 0 amide bonds. The fraction of sp³-hybridized carbons (Fsp3) is 0.222. The van der Waals surface area contributed by atoms with Crippen molar-refractivity contribution in [3.63, 3.8) is 0 Å². The number of hydrogen-bond donors (Lipinski definition) is 0. The minimum atomic E-state index is 0.638. The summed E-state index contributed by atoms with van der Waals surface area (Å²) in [7, 11) is 0. The van der Waals surface area contributed by atoms with Gasteiger partial charge in [-0.3, -0.25) is 4.90 Å². The summed E-state index contributed by atoms with van der Waals surface area (Å²) in [6.07, 6.45) is 1.07. The summed E-state index contributed by atoms with van der Waals surface area (Å²) < 4.78 is 6.44. The first kappa shape index (κ1) is 14.6. The molecule has 2 heterocycles. The average Bonchev–Trinajstić information content (AvgIpc) is 3.03. The predicted molar refractivity (Wildman–Crippen MR) is 91.7 cm³/mol. The van der Waals surface area contributed by atoms with Crippen LogP contribution in [0.5, 0.6) is 0 Å². The van der Waals surface area contributed by atoms with Gasteiger partial charge in [0, 0.05) is 23.1 Å². The molecule has 0 atom stereocenters. The van der Waals surface area contributed by atoms with E-state index in [1.54, 1.807) is 0 Å². The van der Waals surface area contributed by atoms with Crippen LogP contribution < -0.4 is 0 Å². The number of fused-ring (bicyclic) bond motifs is 1. The second-order valence-electron chi connectivity index (χ2n) is 5.75. The molecule has 4 nitrogen and oxygen atoms in total. The maximum absolute atomic E-state index is 5.43. The molecule has 3 aromatic rings. The van der Waals surface area contributed by atoms with Crippen LogP contribution in [-0.4, -0.2) is 21.6 Å². The quantitative estimate of drug-likeness (QED) is 0.698. The average molecular weight is 370 g/mol. The minimum absolute atomic E-state index is 0.638. The molecule has 0 bridgehead atoms. The second-order valence-corrected chi connectivity index (χ2v) is 6.67. The fourth-order valence-electron chi connectivity index (χ4n) is 2.94. The molecule has 0 radical (unpaired) electrons. The van der Waals surface area contributed by atoms with E-state index in [0.717, 1.165) is 29.5 Å². The van der Waals surface area contributed by atoms with Crippen LogP contribution in [0.4, 0.5) is 0 Å². The summed E-state index contributed by atoms with van der Waals surface area (Å²) in [4.78, 5) is 6.88. The van der Waals surface area contributed by atoms with Crippen molar-refractivity contribution in [2.45, 2.75) is 19.5 Å². The number of benzene rings is 2. The van der Waals surface area contributed by atoms with Gasteiger partial charge >= 0.3 is 0 Å².